The van der Waals surface area contributed by atoms with Crippen LogP contribution in [0.4, 0.5) is 0 Å². The molecular formula is C35H56O5. The smallest absolute Gasteiger partial charge is 0.145 e. The lowest BCUT2D eigenvalue weighted by molar-refractivity contribution is -0.167. The first-order chi connectivity index (χ1) is 18.9. The molecule has 0 aromatic carbocycles. The number of allylic oxidation sites excluding steroid dienone is 8. The molecule has 0 aromatic heterocycles. The van der Waals surface area contributed by atoms with Crippen molar-refractivity contribution >= 4 is 6.29 Å². The van der Waals surface area contributed by atoms with Gasteiger partial charge in [-0.2, -0.15) is 0 Å². The molecule has 2 fully saturated rings. The average molecular weight is 557 g/mol. The van der Waals surface area contributed by atoms with Crippen molar-refractivity contribution in [3.05, 3.63) is 58.7 Å². The Morgan fingerprint density at radius 2 is 1.88 bits per heavy atom. The highest BCUT2D eigenvalue weighted by Gasteiger charge is 2.63. The Kier molecular flexibility index (Phi) is 13.8. The molecule has 2 saturated carbocycles. The first kappa shape index (κ1) is 34.4. The van der Waals surface area contributed by atoms with Crippen molar-refractivity contribution in [1.82, 2.24) is 0 Å². The molecule has 2 aliphatic carbocycles. The minimum absolute atomic E-state index is 0.0195. The lowest BCUT2D eigenvalue weighted by Crippen LogP contribution is -2.59. The molecule has 0 amide bonds. The van der Waals surface area contributed by atoms with E-state index in [2.05, 4.69) is 33.4 Å². The summed E-state index contributed by atoms with van der Waals surface area (Å²) in [6.45, 7) is 14.4. The highest BCUT2D eigenvalue weighted by molar-refractivity contribution is 5.74. The molecule has 0 radical (unpaired) electrons. The van der Waals surface area contributed by atoms with Crippen molar-refractivity contribution < 1.29 is 25.2 Å². The molecular weight excluding hydrogens is 500 g/mol. The monoisotopic (exact) mass is 556 g/mol. The Bertz CT molecular complexity index is 966. The number of carbonyl (C=O) groups excluding carboxylic acids is 1. The Morgan fingerprint density at radius 3 is 2.50 bits per heavy atom. The second-order valence-corrected chi connectivity index (χ2v) is 12.9. The van der Waals surface area contributed by atoms with Crippen molar-refractivity contribution in [2.24, 2.45) is 23.2 Å². The maximum Gasteiger partial charge on any atom is 0.145 e. The minimum Gasteiger partial charge on any atom is -0.396 e. The van der Waals surface area contributed by atoms with E-state index >= 15 is 0 Å². The summed E-state index contributed by atoms with van der Waals surface area (Å²) in [5.41, 5.74) is 2.88. The third kappa shape index (κ3) is 8.38. The number of rotatable bonds is 15. The molecule has 5 atom stereocenters. The minimum atomic E-state index is -1.13. The van der Waals surface area contributed by atoms with Crippen LogP contribution >= 0.6 is 0 Å². The van der Waals surface area contributed by atoms with Crippen molar-refractivity contribution in [2.75, 3.05) is 13.2 Å². The number of carbonyl (C=O) groups is 1. The van der Waals surface area contributed by atoms with Gasteiger partial charge in [0.05, 0.1) is 18.3 Å². The average Bonchev–Trinajstić information content (AvgIpc) is 3.24. The van der Waals surface area contributed by atoms with Gasteiger partial charge in [0.15, 0.2) is 0 Å². The molecule has 5 nitrogen and oxygen atoms in total. The van der Waals surface area contributed by atoms with Crippen LogP contribution in [-0.2, 0) is 4.79 Å². The largest absolute Gasteiger partial charge is 0.396 e. The Hall–Kier alpha value is -1.79. The predicted molar refractivity (Wildman–Crippen MR) is 165 cm³/mol. The fourth-order valence-electron chi connectivity index (χ4n) is 7.24. The zero-order valence-corrected chi connectivity index (χ0v) is 25.8. The Labute approximate surface area is 243 Å². The fraction of sp³-hybridized carbons (Fsp3) is 0.686. The van der Waals surface area contributed by atoms with E-state index in [0.717, 1.165) is 48.2 Å². The molecule has 2 aliphatic rings. The van der Waals surface area contributed by atoms with Crippen LogP contribution in [0.1, 0.15) is 105 Å². The molecule has 0 saturated heterocycles. The van der Waals surface area contributed by atoms with Gasteiger partial charge >= 0.3 is 0 Å². The summed E-state index contributed by atoms with van der Waals surface area (Å²) < 4.78 is 0. The summed E-state index contributed by atoms with van der Waals surface area (Å²) in [7, 11) is 0. The van der Waals surface area contributed by atoms with E-state index in [1.165, 1.54) is 18.4 Å². The van der Waals surface area contributed by atoms with Crippen LogP contribution in [-0.4, -0.2) is 51.6 Å². The van der Waals surface area contributed by atoms with Gasteiger partial charge in [0.2, 0.25) is 0 Å². The summed E-state index contributed by atoms with van der Waals surface area (Å²) in [5, 5.41) is 43.5. The Morgan fingerprint density at radius 1 is 1.15 bits per heavy atom. The first-order valence-electron chi connectivity index (χ1n) is 15.4. The lowest BCUT2D eigenvalue weighted by atomic mass is 9.52. The standard InChI is InChI=1S/C35H56O5/c1-25(2)11-7-12-26(3)13-8-14-27(4)15-9-16-29(24-38)31-19-21-35(33(31)39)32(17-10-22-36)30(28(5)23-37)18-20-34(35,6)40/h9,13,15-16,23,25,31-33,36,38-40H,4,7-8,10-12,14,17-22,24H2,1-3,5-6H3/b15-9+,26-13+,29-16-,30-28-/t31-,32-,33+,34+,35+/m0/s1. The van der Waals surface area contributed by atoms with E-state index in [4.69, 9.17) is 0 Å². The van der Waals surface area contributed by atoms with Gasteiger partial charge in [-0.15, -0.1) is 0 Å². The van der Waals surface area contributed by atoms with Crippen molar-refractivity contribution in [3.63, 3.8) is 0 Å². The van der Waals surface area contributed by atoms with Gasteiger partial charge in [0, 0.05) is 17.9 Å². The highest BCUT2D eigenvalue weighted by Crippen LogP contribution is 2.62. The van der Waals surface area contributed by atoms with Gasteiger partial charge in [-0.1, -0.05) is 67.9 Å². The number of hydrogen-bond acceptors (Lipinski definition) is 5. The quantitative estimate of drug-likeness (QED) is 0.0772. The molecule has 0 unspecified atom stereocenters. The molecule has 5 heteroatoms. The molecule has 40 heavy (non-hydrogen) atoms. The number of aliphatic hydroxyl groups excluding tert-OH is 3. The summed E-state index contributed by atoms with van der Waals surface area (Å²) in [6, 6.07) is 0. The third-order valence-electron chi connectivity index (χ3n) is 9.65. The Balaban J connectivity index is 2.17. The summed E-state index contributed by atoms with van der Waals surface area (Å²) in [6.07, 6.45) is 17.0. The van der Waals surface area contributed by atoms with Crippen LogP contribution in [0.15, 0.2) is 58.7 Å². The highest BCUT2D eigenvalue weighted by atomic mass is 16.3. The molecule has 0 aromatic rings. The first-order valence-corrected chi connectivity index (χ1v) is 15.4. The predicted octanol–water partition coefficient (Wildman–Crippen LogP) is 6.78. The third-order valence-corrected chi connectivity index (χ3v) is 9.65. The van der Waals surface area contributed by atoms with E-state index in [1.807, 2.05) is 32.1 Å². The van der Waals surface area contributed by atoms with Gasteiger partial charge in [0.1, 0.15) is 6.29 Å². The van der Waals surface area contributed by atoms with Gasteiger partial charge < -0.3 is 20.4 Å². The SMILES string of the molecule is C=C(/C=C/C=C(/CO)[C@@H]1CC[C@]2([C@@H]1O)[C@@H](CCCO)/C(=C(/C)C=O)CC[C@@]2(C)O)CC/C=C(\C)CCCC(C)C. The topological polar surface area (TPSA) is 98.0 Å². The molecule has 0 heterocycles. The van der Waals surface area contributed by atoms with Crippen molar-refractivity contribution in [3.8, 4) is 0 Å². The number of aldehydes is 1. The van der Waals surface area contributed by atoms with E-state index in [9.17, 15) is 25.2 Å². The van der Waals surface area contributed by atoms with Crippen LogP contribution in [0.2, 0.25) is 0 Å². The van der Waals surface area contributed by atoms with E-state index in [1.54, 1.807) is 0 Å². The molecule has 2 rings (SSSR count). The van der Waals surface area contributed by atoms with Gasteiger partial charge in [0.25, 0.3) is 0 Å². The number of aliphatic hydroxyl groups is 4. The summed E-state index contributed by atoms with van der Waals surface area (Å²) in [5.74, 6) is 0.249. The maximum absolute atomic E-state index is 11.9. The van der Waals surface area contributed by atoms with Crippen molar-refractivity contribution in [1.29, 1.82) is 0 Å². The summed E-state index contributed by atoms with van der Waals surface area (Å²) in [4.78, 5) is 11.7. The fourth-order valence-corrected chi connectivity index (χ4v) is 7.24. The van der Waals surface area contributed by atoms with Crippen LogP contribution in [0.25, 0.3) is 0 Å². The zero-order valence-electron chi connectivity index (χ0n) is 25.8. The normalized spacial score (nSPS) is 31.0. The molecule has 0 aliphatic heterocycles. The van der Waals surface area contributed by atoms with Gasteiger partial charge in [-0.3, -0.25) is 4.79 Å². The van der Waals surface area contributed by atoms with Crippen LogP contribution in [0.3, 0.4) is 0 Å². The number of hydrogen-bond donors (Lipinski definition) is 4. The van der Waals surface area contributed by atoms with E-state index in [-0.39, 0.29) is 25.0 Å². The van der Waals surface area contributed by atoms with Gasteiger partial charge in [-0.05, 0) is 108 Å². The van der Waals surface area contributed by atoms with Crippen LogP contribution in [0, 0.1) is 23.2 Å². The van der Waals surface area contributed by atoms with E-state index in [0.29, 0.717) is 44.1 Å². The molecule has 4 N–H and O–H groups in total. The second-order valence-electron chi connectivity index (χ2n) is 12.9. The van der Waals surface area contributed by atoms with E-state index < -0.39 is 17.1 Å². The maximum atomic E-state index is 11.9. The van der Waals surface area contributed by atoms with Crippen molar-refractivity contribution in [2.45, 2.75) is 117 Å². The van der Waals surface area contributed by atoms with Crippen LogP contribution in [0.5, 0.6) is 0 Å². The molecule has 1 spiro atoms. The zero-order chi connectivity index (χ0) is 29.9. The van der Waals surface area contributed by atoms with Crippen LogP contribution < -0.4 is 0 Å². The molecule has 0 bridgehead atoms. The summed E-state index contributed by atoms with van der Waals surface area (Å²) >= 11 is 0. The van der Waals surface area contributed by atoms with Gasteiger partial charge in [-0.25, -0.2) is 0 Å². The second kappa shape index (κ2) is 16.0. The molecule has 226 valence electrons. The lowest BCUT2D eigenvalue weighted by Gasteiger charge is -2.55.